The van der Waals surface area contributed by atoms with Crippen LogP contribution < -0.4 is 10.2 Å². The first kappa shape index (κ1) is 23.4. The Labute approximate surface area is 199 Å². The first-order chi connectivity index (χ1) is 16.2. The van der Waals surface area contributed by atoms with Crippen LogP contribution in [0.1, 0.15) is 44.1 Å². The van der Waals surface area contributed by atoms with Crippen molar-refractivity contribution in [3.05, 3.63) is 53.7 Å². The number of dihydropyridines is 1. The van der Waals surface area contributed by atoms with Gasteiger partial charge in [0.1, 0.15) is 0 Å². The molecule has 1 N–H and O–H groups in total. The minimum absolute atomic E-state index is 0.0843. The smallest absolute Gasteiger partial charge is 0.254 e. The molecule has 176 valence electrons. The van der Waals surface area contributed by atoms with Crippen molar-refractivity contribution in [2.24, 2.45) is 10.9 Å². The lowest BCUT2D eigenvalue weighted by Gasteiger charge is -2.19. The van der Waals surface area contributed by atoms with E-state index in [4.69, 9.17) is 4.98 Å². The van der Waals surface area contributed by atoms with Crippen LogP contribution >= 0.6 is 0 Å². The van der Waals surface area contributed by atoms with Crippen molar-refractivity contribution >= 4 is 34.2 Å². The Kier molecular flexibility index (Phi) is 6.32. The second-order valence-corrected chi connectivity index (χ2v) is 9.16. The summed E-state index contributed by atoms with van der Waals surface area (Å²) in [5.74, 6) is -0.956. The molecule has 1 unspecified atom stereocenters. The molecule has 0 bridgehead atoms. The Bertz CT molecular complexity index is 1320. The van der Waals surface area contributed by atoms with Crippen LogP contribution in [0.3, 0.4) is 0 Å². The van der Waals surface area contributed by atoms with Gasteiger partial charge in [0.15, 0.2) is 5.65 Å². The number of rotatable bonds is 6. The number of allylic oxidation sites excluding steroid dienone is 1. The topological polar surface area (TPSA) is 92.5 Å². The van der Waals surface area contributed by atoms with E-state index in [1.165, 1.54) is 0 Å². The van der Waals surface area contributed by atoms with Crippen molar-refractivity contribution < 1.29 is 9.59 Å². The summed E-state index contributed by atoms with van der Waals surface area (Å²) in [6.07, 6.45) is 3.56. The number of nitrogens with zero attached hydrogens (tertiary/aromatic N) is 5. The molecular formula is C26H30N6O2. The fourth-order valence-corrected chi connectivity index (χ4v) is 4.11. The number of amides is 2. The average Bonchev–Trinajstić information content (AvgIpc) is 3.22. The number of hydrogen-bond acceptors (Lipinski definition) is 5. The highest BCUT2D eigenvalue weighted by atomic mass is 16.2. The van der Waals surface area contributed by atoms with E-state index >= 15 is 0 Å². The van der Waals surface area contributed by atoms with Gasteiger partial charge >= 0.3 is 0 Å². The number of pyridine rings is 1. The van der Waals surface area contributed by atoms with E-state index in [1.54, 1.807) is 19.2 Å². The molecule has 2 aromatic heterocycles. The van der Waals surface area contributed by atoms with E-state index in [-0.39, 0.29) is 24.4 Å². The number of anilines is 1. The predicted molar refractivity (Wildman–Crippen MR) is 135 cm³/mol. The Morgan fingerprint density at radius 1 is 1.18 bits per heavy atom. The summed E-state index contributed by atoms with van der Waals surface area (Å²) in [5.41, 5.74) is 5.39. The summed E-state index contributed by atoms with van der Waals surface area (Å²) < 4.78 is 1.82. The molecule has 1 atom stereocenters. The lowest BCUT2D eigenvalue weighted by Crippen LogP contribution is -2.34. The Hall–Kier alpha value is -3.81. The summed E-state index contributed by atoms with van der Waals surface area (Å²) in [5, 5.41) is 8.09. The molecule has 8 heteroatoms. The van der Waals surface area contributed by atoms with Crippen molar-refractivity contribution in [1.29, 1.82) is 0 Å². The van der Waals surface area contributed by atoms with Crippen molar-refractivity contribution in [3.8, 4) is 11.3 Å². The molecule has 0 radical (unpaired) electrons. The quantitative estimate of drug-likeness (QED) is 0.602. The summed E-state index contributed by atoms with van der Waals surface area (Å²) >= 11 is 0. The zero-order valence-electron chi connectivity index (χ0n) is 20.5. The zero-order chi connectivity index (χ0) is 24.6. The number of benzene rings is 1. The third kappa shape index (κ3) is 4.48. The predicted octanol–water partition coefficient (Wildman–Crippen LogP) is 4.04. The first-order valence-corrected chi connectivity index (χ1v) is 11.4. The van der Waals surface area contributed by atoms with Gasteiger partial charge in [-0.05, 0) is 52.0 Å². The Balaban J connectivity index is 1.70. The van der Waals surface area contributed by atoms with Crippen LogP contribution in [0.5, 0.6) is 0 Å². The minimum Gasteiger partial charge on any atom is -0.378 e. The SMILES string of the molecule is CC1=CC(C)=NC(=O)C1CNC(=O)c1cc(-c2ccc(N(C)C)cc2)nc2c1cnn2C(C)C. The molecule has 4 rings (SSSR count). The van der Waals surface area contributed by atoms with E-state index in [9.17, 15) is 9.59 Å². The average molecular weight is 459 g/mol. The Morgan fingerprint density at radius 2 is 1.88 bits per heavy atom. The number of fused-ring (bicyclic) bond motifs is 1. The first-order valence-electron chi connectivity index (χ1n) is 11.4. The molecule has 34 heavy (non-hydrogen) atoms. The molecule has 3 aromatic rings. The maximum atomic E-state index is 13.3. The summed E-state index contributed by atoms with van der Waals surface area (Å²) in [6.45, 7) is 7.92. The highest BCUT2D eigenvalue weighted by Gasteiger charge is 2.25. The molecule has 0 saturated heterocycles. The van der Waals surface area contributed by atoms with Gasteiger partial charge in [0.2, 0.25) is 0 Å². The molecule has 0 fully saturated rings. The van der Waals surface area contributed by atoms with Crippen LogP contribution in [0.2, 0.25) is 0 Å². The number of nitrogens with one attached hydrogen (secondary N) is 1. The standard InChI is InChI=1S/C26H30N6O2/c1-15(2)32-24-22(14-28-32)20(12-23(30-24)18-7-9-19(10-8-18)31(5)6)25(33)27-13-21-16(3)11-17(4)29-26(21)34/h7-12,14-15,21H,13H2,1-6H3,(H,27,33). The molecule has 2 amide bonds. The minimum atomic E-state index is -0.457. The van der Waals surface area contributed by atoms with Gasteiger partial charge in [-0.3, -0.25) is 9.59 Å². The van der Waals surface area contributed by atoms with E-state index in [0.29, 0.717) is 28.0 Å². The molecule has 1 aliphatic heterocycles. The Morgan fingerprint density at radius 3 is 2.50 bits per heavy atom. The zero-order valence-corrected chi connectivity index (χ0v) is 20.5. The highest BCUT2D eigenvalue weighted by Crippen LogP contribution is 2.28. The largest absolute Gasteiger partial charge is 0.378 e. The van der Waals surface area contributed by atoms with E-state index in [1.807, 2.05) is 74.8 Å². The van der Waals surface area contributed by atoms with Crippen LogP contribution in [-0.2, 0) is 4.79 Å². The molecule has 3 heterocycles. The molecule has 8 nitrogen and oxygen atoms in total. The monoisotopic (exact) mass is 458 g/mol. The van der Waals surface area contributed by atoms with Crippen LogP contribution in [0, 0.1) is 5.92 Å². The van der Waals surface area contributed by atoms with Gasteiger partial charge in [-0.1, -0.05) is 17.7 Å². The van der Waals surface area contributed by atoms with Crippen LogP contribution in [0.15, 0.2) is 53.2 Å². The summed E-state index contributed by atoms with van der Waals surface area (Å²) in [6, 6.07) is 9.91. The van der Waals surface area contributed by atoms with Gasteiger partial charge in [0.25, 0.3) is 11.8 Å². The molecule has 1 aromatic carbocycles. The number of carbonyl (C=O) groups is 2. The van der Waals surface area contributed by atoms with Crippen LogP contribution in [0.4, 0.5) is 5.69 Å². The highest BCUT2D eigenvalue weighted by molar-refractivity contribution is 6.08. The normalized spacial score (nSPS) is 16.0. The van der Waals surface area contributed by atoms with E-state index in [0.717, 1.165) is 16.8 Å². The third-order valence-electron chi connectivity index (χ3n) is 6.02. The lowest BCUT2D eigenvalue weighted by atomic mass is 9.95. The van der Waals surface area contributed by atoms with Crippen molar-refractivity contribution in [2.75, 3.05) is 25.5 Å². The number of aliphatic imine (C=N–C) groups is 1. The van der Waals surface area contributed by atoms with Crippen molar-refractivity contribution in [1.82, 2.24) is 20.1 Å². The molecular weight excluding hydrogens is 428 g/mol. The fourth-order valence-electron chi connectivity index (χ4n) is 4.11. The molecule has 1 aliphatic rings. The van der Waals surface area contributed by atoms with Gasteiger partial charge in [0, 0.05) is 43.6 Å². The van der Waals surface area contributed by atoms with Gasteiger partial charge in [-0.2, -0.15) is 5.10 Å². The van der Waals surface area contributed by atoms with Gasteiger partial charge in [-0.15, -0.1) is 0 Å². The molecule has 0 spiro atoms. The number of aromatic nitrogens is 3. The van der Waals surface area contributed by atoms with Crippen molar-refractivity contribution in [2.45, 2.75) is 33.7 Å². The molecule has 0 saturated carbocycles. The lowest BCUT2D eigenvalue weighted by molar-refractivity contribution is -0.120. The number of carbonyl (C=O) groups excluding carboxylic acids is 2. The third-order valence-corrected chi connectivity index (χ3v) is 6.02. The van der Waals surface area contributed by atoms with Gasteiger partial charge in [0.05, 0.1) is 28.8 Å². The van der Waals surface area contributed by atoms with E-state index < -0.39 is 5.92 Å². The maximum absolute atomic E-state index is 13.3. The summed E-state index contributed by atoms with van der Waals surface area (Å²) in [4.78, 5) is 36.6. The van der Waals surface area contributed by atoms with Gasteiger partial charge in [-0.25, -0.2) is 14.7 Å². The fraction of sp³-hybridized carbons (Fsp3) is 0.346. The summed E-state index contributed by atoms with van der Waals surface area (Å²) in [7, 11) is 3.98. The maximum Gasteiger partial charge on any atom is 0.254 e. The van der Waals surface area contributed by atoms with Crippen LogP contribution in [0.25, 0.3) is 22.3 Å². The second-order valence-electron chi connectivity index (χ2n) is 9.16. The van der Waals surface area contributed by atoms with E-state index in [2.05, 4.69) is 15.4 Å². The van der Waals surface area contributed by atoms with Crippen LogP contribution in [-0.4, -0.2) is 52.9 Å². The molecule has 0 aliphatic carbocycles. The number of hydrogen-bond donors (Lipinski definition) is 1. The second kappa shape index (κ2) is 9.21. The van der Waals surface area contributed by atoms with Crippen molar-refractivity contribution in [3.63, 3.8) is 0 Å². The van der Waals surface area contributed by atoms with Gasteiger partial charge < -0.3 is 10.2 Å².